The smallest absolute Gasteiger partial charge is 0.234 e. The van der Waals surface area contributed by atoms with E-state index in [1.165, 1.54) is 0 Å². The van der Waals surface area contributed by atoms with Crippen molar-refractivity contribution in [1.82, 2.24) is 9.88 Å². The lowest BCUT2D eigenvalue weighted by Gasteiger charge is -2.38. The van der Waals surface area contributed by atoms with Crippen LogP contribution < -0.4 is 10.6 Å². The summed E-state index contributed by atoms with van der Waals surface area (Å²) < 4.78 is 0. The Bertz CT molecular complexity index is 440. The molecule has 0 aliphatic carbocycles. The van der Waals surface area contributed by atoms with Crippen LogP contribution in [-0.2, 0) is 4.79 Å². The zero-order chi connectivity index (χ0) is 14.5. The molecule has 1 aromatic rings. The Morgan fingerprint density at radius 3 is 2.65 bits per heavy atom. The molecular weight excluding hydrogens is 272 g/mol. The summed E-state index contributed by atoms with van der Waals surface area (Å²) >= 11 is 1.69. The number of piperazine rings is 1. The van der Waals surface area contributed by atoms with Crippen molar-refractivity contribution in [2.24, 2.45) is 5.73 Å². The highest BCUT2D eigenvalue weighted by Crippen LogP contribution is 2.22. The zero-order valence-corrected chi connectivity index (χ0v) is 13.2. The average molecular weight is 296 g/mol. The summed E-state index contributed by atoms with van der Waals surface area (Å²) in [6.07, 6.45) is 3.03. The minimum Gasteiger partial charge on any atom is -0.368 e. The van der Waals surface area contributed by atoms with E-state index >= 15 is 0 Å². The van der Waals surface area contributed by atoms with E-state index in [0.29, 0.717) is 0 Å². The van der Waals surface area contributed by atoms with E-state index in [9.17, 15) is 4.79 Å². The minimum atomic E-state index is -0.183. The number of rotatable bonds is 6. The molecule has 5 nitrogen and oxygen atoms in total. The molecule has 2 heterocycles. The fraction of sp³-hybridized carbons (Fsp3) is 0.714. The number of thiazole rings is 1. The van der Waals surface area contributed by atoms with Crippen molar-refractivity contribution in [2.75, 3.05) is 31.1 Å². The van der Waals surface area contributed by atoms with Crippen LogP contribution in [0.4, 0.5) is 5.13 Å². The molecule has 1 amide bonds. The predicted molar refractivity (Wildman–Crippen MR) is 83.1 cm³/mol. The van der Waals surface area contributed by atoms with Gasteiger partial charge in [0.15, 0.2) is 5.13 Å². The molecule has 20 heavy (non-hydrogen) atoms. The molecule has 1 atom stereocenters. The normalized spacial score (nSPS) is 18.2. The summed E-state index contributed by atoms with van der Waals surface area (Å²) in [4.78, 5) is 20.7. The molecule has 1 unspecified atom stereocenters. The quantitative estimate of drug-likeness (QED) is 0.866. The summed E-state index contributed by atoms with van der Waals surface area (Å²) in [5.74, 6) is -0.183. The third-order valence-corrected chi connectivity index (χ3v) is 4.81. The van der Waals surface area contributed by atoms with Gasteiger partial charge in [0, 0.05) is 31.6 Å². The topological polar surface area (TPSA) is 62.5 Å². The standard InChI is InChI=1S/C14H24N4OS/c1-3-4-5-12(13(15)19)17-6-8-18(9-7-17)14-16-11(2)10-20-14/h10,12H,3-9H2,1-2H3,(H2,15,19). The van der Waals surface area contributed by atoms with Crippen molar-refractivity contribution in [3.05, 3.63) is 11.1 Å². The monoisotopic (exact) mass is 296 g/mol. The van der Waals surface area contributed by atoms with Crippen molar-refractivity contribution in [1.29, 1.82) is 0 Å². The lowest BCUT2D eigenvalue weighted by molar-refractivity contribution is -0.123. The fourth-order valence-electron chi connectivity index (χ4n) is 2.61. The van der Waals surface area contributed by atoms with Gasteiger partial charge in [-0.05, 0) is 13.3 Å². The molecule has 0 spiro atoms. The molecule has 0 bridgehead atoms. The van der Waals surface area contributed by atoms with Crippen LogP contribution in [0.1, 0.15) is 31.9 Å². The number of unbranched alkanes of at least 4 members (excludes halogenated alkanes) is 1. The SMILES string of the molecule is CCCCC(C(N)=O)N1CCN(c2nc(C)cs2)CC1. The van der Waals surface area contributed by atoms with Gasteiger partial charge in [-0.1, -0.05) is 19.8 Å². The largest absolute Gasteiger partial charge is 0.368 e. The van der Waals surface area contributed by atoms with Crippen LogP contribution in [0.5, 0.6) is 0 Å². The number of hydrogen-bond acceptors (Lipinski definition) is 5. The van der Waals surface area contributed by atoms with Crippen molar-refractivity contribution < 1.29 is 4.79 Å². The molecule has 2 N–H and O–H groups in total. The van der Waals surface area contributed by atoms with Gasteiger partial charge in [-0.15, -0.1) is 11.3 Å². The lowest BCUT2D eigenvalue weighted by Crippen LogP contribution is -2.54. The number of nitrogens with two attached hydrogens (primary N) is 1. The Morgan fingerprint density at radius 2 is 2.15 bits per heavy atom. The Balaban J connectivity index is 1.90. The second-order valence-corrected chi connectivity index (χ2v) is 6.19. The van der Waals surface area contributed by atoms with Crippen LogP contribution in [0.3, 0.4) is 0 Å². The zero-order valence-electron chi connectivity index (χ0n) is 12.3. The highest BCUT2D eigenvalue weighted by molar-refractivity contribution is 7.13. The van der Waals surface area contributed by atoms with Crippen molar-refractivity contribution >= 4 is 22.4 Å². The third-order valence-electron chi connectivity index (χ3n) is 3.79. The Morgan fingerprint density at radius 1 is 1.45 bits per heavy atom. The Kier molecular flexibility index (Phi) is 5.37. The molecule has 1 fully saturated rings. The molecule has 6 heteroatoms. The highest BCUT2D eigenvalue weighted by Gasteiger charge is 2.27. The third kappa shape index (κ3) is 3.70. The number of carbonyl (C=O) groups excluding carboxylic acids is 1. The maximum absolute atomic E-state index is 11.6. The number of anilines is 1. The molecule has 1 aliphatic heterocycles. The van der Waals surface area contributed by atoms with E-state index in [4.69, 9.17) is 5.73 Å². The molecular formula is C14H24N4OS. The molecule has 0 radical (unpaired) electrons. The average Bonchev–Trinajstić information content (AvgIpc) is 2.86. The molecule has 2 rings (SSSR count). The van der Waals surface area contributed by atoms with E-state index in [1.54, 1.807) is 11.3 Å². The first-order chi connectivity index (χ1) is 9.61. The van der Waals surface area contributed by atoms with Crippen LogP contribution in [-0.4, -0.2) is 48.0 Å². The minimum absolute atomic E-state index is 0.102. The Hall–Kier alpha value is -1.14. The number of hydrogen-bond donors (Lipinski definition) is 1. The van der Waals surface area contributed by atoms with Crippen molar-refractivity contribution in [3.63, 3.8) is 0 Å². The maximum atomic E-state index is 11.6. The van der Waals surface area contributed by atoms with Crippen LogP contribution >= 0.6 is 11.3 Å². The van der Waals surface area contributed by atoms with Crippen molar-refractivity contribution in [2.45, 2.75) is 39.2 Å². The first-order valence-electron chi connectivity index (χ1n) is 7.32. The molecule has 112 valence electrons. The lowest BCUT2D eigenvalue weighted by atomic mass is 10.1. The van der Waals surface area contributed by atoms with Crippen LogP contribution in [0.25, 0.3) is 0 Å². The van der Waals surface area contributed by atoms with Crippen LogP contribution in [0.2, 0.25) is 0 Å². The number of aryl methyl sites for hydroxylation is 1. The van der Waals surface area contributed by atoms with Gasteiger partial charge in [-0.25, -0.2) is 4.98 Å². The first kappa shape index (κ1) is 15.3. The van der Waals surface area contributed by atoms with Gasteiger partial charge in [-0.2, -0.15) is 0 Å². The van der Waals surface area contributed by atoms with E-state index in [-0.39, 0.29) is 11.9 Å². The number of primary amides is 1. The van der Waals surface area contributed by atoms with Crippen molar-refractivity contribution in [3.8, 4) is 0 Å². The van der Waals surface area contributed by atoms with Gasteiger partial charge in [0.25, 0.3) is 0 Å². The van der Waals surface area contributed by atoms with Gasteiger partial charge in [-0.3, -0.25) is 9.69 Å². The maximum Gasteiger partial charge on any atom is 0.234 e. The van der Waals surface area contributed by atoms with E-state index < -0.39 is 0 Å². The molecule has 0 saturated carbocycles. The molecule has 1 aliphatic rings. The summed E-state index contributed by atoms with van der Waals surface area (Å²) in [7, 11) is 0. The molecule has 1 saturated heterocycles. The summed E-state index contributed by atoms with van der Waals surface area (Å²) in [6.45, 7) is 7.77. The van der Waals surface area contributed by atoms with Gasteiger partial charge >= 0.3 is 0 Å². The van der Waals surface area contributed by atoms with Gasteiger partial charge < -0.3 is 10.6 Å². The van der Waals surface area contributed by atoms with E-state index in [1.807, 2.05) is 6.92 Å². The molecule has 1 aromatic heterocycles. The highest BCUT2D eigenvalue weighted by atomic mass is 32.1. The Labute approximate surface area is 124 Å². The molecule has 0 aromatic carbocycles. The predicted octanol–water partition coefficient (Wildman–Crippen LogP) is 1.62. The van der Waals surface area contributed by atoms with Gasteiger partial charge in [0.2, 0.25) is 5.91 Å². The van der Waals surface area contributed by atoms with Crippen LogP contribution in [0.15, 0.2) is 5.38 Å². The number of amides is 1. The number of aromatic nitrogens is 1. The number of nitrogens with zero attached hydrogens (tertiary/aromatic N) is 3. The summed E-state index contributed by atoms with van der Waals surface area (Å²) in [5.41, 5.74) is 6.63. The second-order valence-electron chi connectivity index (χ2n) is 5.35. The summed E-state index contributed by atoms with van der Waals surface area (Å²) in [6, 6.07) is -0.102. The summed E-state index contributed by atoms with van der Waals surface area (Å²) in [5, 5.41) is 3.17. The van der Waals surface area contributed by atoms with E-state index in [2.05, 4.69) is 27.1 Å². The second kappa shape index (κ2) is 7.04. The van der Waals surface area contributed by atoms with Crippen LogP contribution in [0, 0.1) is 6.92 Å². The fourth-order valence-corrected chi connectivity index (χ4v) is 3.47. The van der Waals surface area contributed by atoms with Gasteiger partial charge in [0.05, 0.1) is 11.7 Å². The van der Waals surface area contributed by atoms with Gasteiger partial charge in [0.1, 0.15) is 0 Å². The van der Waals surface area contributed by atoms with E-state index in [0.717, 1.165) is 56.3 Å². The first-order valence-corrected chi connectivity index (χ1v) is 8.20. The number of carbonyl (C=O) groups is 1.